The fraction of sp³-hybridized carbons (Fsp3) is 0.353. The van der Waals surface area contributed by atoms with Gasteiger partial charge >= 0.3 is 18.0 Å². The van der Waals surface area contributed by atoms with Crippen LogP contribution >= 0.6 is 11.6 Å². The predicted molar refractivity (Wildman–Crippen MR) is 80.9 cm³/mol. The third kappa shape index (κ3) is 3.30. The number of hydrogen-bond donors (Lipinski definition) is 0. The van der Waals surface area contributed by atoms with Crippen molar-refractivity contribution in [3.05, 3.63) is 64.6 Å². The highest BCUT2D eigenvalue weighted by Gasteiger charge is 2.74. The predicted octanol–water partition coefficient (Wildman–Crippen LogP) is 6.52. The van der Waals surface area contributed by atoms with Gasteiger partial charge in [0.1, 0.15) is 0 Å². The first kappa shape index (κ1) is 19.8. The highest BCUT2D eigenvalue weighted by atomic mass is 35.5. The molecule has 0 bridgehead atoms. The molecule has 0 N–H and O–H groups in total. The standard InChI is InChI=1S/C17H13ClF7/c1-10-7-11(15(19,16(20,21)22)17(23,24)25)9-14(2,8-10)12-5-3-4-6-13(12)18/h3-9H,1-2H3. The Morgan fingerprint density at radius 1 is 0.920 bits per heavy atom. The molecule has 8 heteroatoms. The fourth-order valence-corrected chi connectivity index (χ4v) is 3.25. The first-order valence-corrected chi connectivity index (χ1v) is 7.45. The molecule has 25 heavy (non-hydrogen) atoms. The maximum absolute atomic E-state index is 14.4. The van der Waals surface area contributed by atoms with Crippen LogP contribution in [0.5, 0.6) is 0 Å². The number of halogens is 8. The molecule has 1 radical (unpaired) electrons. The molecule has 0 saturated heterocycles. The van der Waals surface area contributed by atoms with Crippen LogP contribution in [-0.4, -0.2) is 18.0 Å². The summed E-state index contributed by atoms with van der Waals surface area (Å²) in [7, 11) is 0. The maximum atomic E-state index is 14.4. The van der Waals surface area contributed by atoms with Gasteiger partial charge in [-0.3, -0.25) is 0 Å². The molecular weight excluding hydrogens is 373 g/mol. The van der Waals surface area contributed by atoms with Gasteiger partial charge < -0.3 is 0 Å². The number of allylic oxidation sites excluding steroid dienone is 4. The molecular formula is C17H13ClF7. The van der Waals surface area contributed by atoms with E-state index in [0.29, 0.717) is 12.2 Å². The van der Waals surface area contributed by atoms with Crippen molar-refractivity contribution in [2.75, 3.05) is 0 Å². The third-order valence-electron chi connectivity index (χ3n) is 4.00. The first-order chi connectivity index (χ1) is 11.2. The quantitative estimate of drug-likeness (QED) is 0.508. The average Bonchev–Trinajstić information content (AvgIpc) is 2.43. The molecule has 1 aromatic rings. The average molecular weight is 386 g/mol. The van der Waals surface area contributed by atoms with Crippen LogP contribution < -0.4 is 0 Å². The summed E-state index contributed by atoms with van der Waals surface area (Å²) in [5, 5.41) is 0.148. The second kappa shape index (κ2) is 6.04. The SMILES string of the molecule is CC1=CC(C(F)(C(F)(F)F)C(F)(F)F)=CC(C)(c2ccccc2Cl)[CH]1. The Morgan fingerprint density at radius 2 is 1.44 bits per heavy atom. The van der Waals surface area contributed by atoms with Gasteiger partial charge in [-0.15, -0.1) is 0 Å². The van der Waals surface area contributed by atoms with Crippen LogP contribution in [0.15, 0.2) is 47.6 Å². The van der Waals surface area contributed by atoms with Gasteiger partial charge in [-0.05, 0) is 18.6 Å². The van der Waals surface area contributed by atoms with Crippen LogP contribution in [0.4, 0.5) is 30.7 Å². The van der Waals surface area contributed by atoms with Crippen LogP contribution in [0.3, 0.4) is 0 Å². The van der Waals surface area contributed by atoms with E-state index in [1.807, 2.05) is 0 Å². The summed E-state index contributed by atoms with van der Waals surface area (Å²) in [5.74, 6) is 0. The van der Waals surface area contributed by atoms with Gasteiger partial charge in [-0.25, -0.2) is 4.39 Å². The Bertz CT molecular complexity index is 713. The van der Waals surface area contributed by atoms with Crippen LogP contribution in [-0.2, 0) is 5.41 Å². The summed E-state index contributed by atoms with van der Waals surface area (Å²) in [5.41, 5.74) is -8.07. The molecule has 0 nitrogen and oxygen atoms in total. The number of benzene rings is 1. The lowest BCUT2D eigenvalue weighted by Gasteiger charge is -2.37. The maximum Gasteiger partial charge on any atom is 0.435 e. The molecule has 1 aliphatic carbocycles. The zero-order valence-corrected chi connectivity index (χ0v) is 13.8. The van der Waals surface area contributed by atoms with Gasteiger partial charge in [0.15, 0.2) is 0 Å². The Hall–Kier alpha value is -1.50. The molecule has 0 fully saturated rings. The van der Waals surface area contributed by atoms with Crippen LogP contribution in [0.1, 0.15) is 19.4 Å². The minimum Gasteiger partial charge on any atom is -0.218 e. The Labute approximate surface area is 145 Å². The largest absolute Gasteiger partial charge is 0.435 e. The van der Waals surface area contributed by atoms with Gasteiger partial charge in [0.05, 0.1) is 0 Å². The molecule has 0 heterocycles. The third-order valence-corrected chi connectivity index (χ3v) is 4.33. The second-order valence-corrected chi connectivity index (χ2v) is 6.46. The van der Waals surface area contributed by atoms with Crippen molar-refractivity contribution >= 4 is 11.6 Å². The molecule has 0 amide bonds. The summed E-state index contributed by atoms with van der Waals surface area (Å²) in [6.07, 6.45) is -9.70. The van der Waals surface area contributed by atoms with Crippen LogP contribution in [0.2, 0.25) is 5.02 Å². The zero-order chi connectivity index (χ0) is 19.3. The Kier molecular flexibility index (Phi) is 4.79. The number of rotatable bonds is 2. The van der Waals surface area contributed by atoms with E-state index in [1.54, 1.807) is 6.07 Å². The molecule has 1 unspecified atom stereocenters. The Balaban J connectivity index is 2.71. The molecule has 2 rings (SSSR count). The molecule has 137 valence electrons. The topological polar surface area (TPSA) is 0 Å². The summed E-state index contributed by atoms with van der Waals surface area (Å²) in [6, 6.07) is 6.02. The normalized spacial score (nSPS) is 22.5. The van der Waals surface area contributed by atoms with Crippen molar-refractivity contribution in [1.29, 1.82) is 0 Å². The smallest absolute Gasteiger partial charge is 0.218 e. The lowest BCUT2D eigenvalue weighted by Crippen LogP contribution is -2.55. The highest BCUT2D eigenvalue weighted by molar-refractivity contribution is 6.31. The van der Waals surface area contributed by atoms with Crippen molar-refractivity contribution < 1.29 is 30.7 Å². The molecule has 0 aliphatic heterocycles. The molecule has 1 aromatic carbocycles. The van der Waals surface area contributed by atoms with E-state index < -0.39 is 29.0 Å². The fourth-order valence-electron chi connectivity index (χ4n) is 2.91. The molecule has 1 aliphatic rings. The van der Waals surface area contributed by atoms with Crippen LogP contribution in [0, 0.1) is 6.42 Å². The van der Waals surface area contributed by atoms with Gasteiger partial charge in [0.2, 0.25) is 0 Å². The van der Waals surface area contributed by atoms with E-state index in [9.17, 15) is 30.7 Å². The molecule has 0 spiro atoms. The van der Waals surface area contributed by atoms with Gasteiger partial charge in [-0.1, -0.05) is 54.4 Å². The lowest BCUT2D eigenvalue weighted by molar-refractivity contribution is -0.325. The molecule has 0 saturated carbocycles. The van der Waals surface area contributed by atoms with E-state index in [4.69, 9.17) is 11.6 Å². The summed E-state index contributed by atoms with van der Waals surface area (Å²) in [6.45, 7) is 2.67. The van der Waals surface area contributed by atoms with Crippen molar-refractivity contribution in [1.82, 2.24) is 0 Å². The van der Waals surface area contributed by atoms with Crippen molar-refractivity contribution in [2.24, 2.45) is 0 Å². The lowest BCUT2D eigenvalue weighted by atomic mass is 9.70. The van der Waals surface area contributed by atoms with E-state index >= 15 is 0 Å². The highest BCUT2D eigenvalue weighted by Crippen LogP contribution is 2.54. The second-order valence-electron chi connectivity index (χ2n) is 6.05. The first-order valence-electron chi connectivity index (χ1n) is 7.07. The van der Waals surface area contributed by atoms with Crippen LogP contribution in [0.25, 0.3) is 0 Å². The number of hydrogen-bond acceptors (Lipinski definition) is 0. The van der Waals surface area contributed by atoms with Crippen molar-refractivity contribution in [3.63, 3.8) is 0 Å². The monoisotopic (exact) mass is 385 g/mol. The van der Waals surface area contributed by atoms with Gasteiger partial charge in [0, 0.05) is 22.4 Å². The summed E-state index contributed by atoms with van der Waals surface area (Å²) >= 11 is 6.03. The van der Waals surface area contributed by atoms with E-state index in [-0.39, 0.29) is 16.2 Å². The minimum absolute atomic E-state index is 0.0652. The van der Waals surface area contributed by atoms with Crippen molar-refractivity contribution in [3.8, 4) is 0 Å². The van der Waals surface area contributed by atoms with Crippen molar-refractivity contribution in [2.45, 2.75) is 37.3 Å². The van der Waals surface area contributed by atoms with E-state index in [1.165, 1.54) is 38.5 Å². The van der Waals surface area contributed by atoms with Gasteiger partial charge in [0.25, 0.3) is 0 Å². The number of alkyl halides is 7. The molecule has 1 atom stereocenters. The van der Waals surface area contributed by atoms with Gasteiger partial charge in [-0.2, -0.15) is 26.3 Å². The Morgan fingerprint density at radius 3 is 1.92 bits per heavy atom. The minimum atomic E-state index is -6.16. The van der Waals surface area contributed by atoms with E-state index in [2.05, 4.69) is 0 Å². The summed E-state index contributed by atoms with van der Waals surface area (Å²) < 4.78 is 92.7. The summed E-state index contributed by atoms with van der Waals surface area (Å²) in [4.78, 5) is 0. The zero-order valence-electron chi connectivity index (χ0n) is 13.1. The van der Waals surface area contributed by atoms with E-state index in [0.717, 1.165) is 0 Å². The molecule has 0 aromatic heterocycles.